The fraction of sp³-hybridized carbons (Fsp3) is 0.0667. The molecule has 0 aliphatic heterocycles. The second-order valence-corrected chi connectivity index (χ2v) is 5.36. The number of hydrogen-bond acceptors (Lipinski definition) is 6. The Balaban J connectivity index is 1.56. The molecule has 0 radical (unpaired) electrons. The van der Waals surface area contributed by atoms with E-state index in [2.05, 4.69) is 20.5 Å². The molecule has 116 valence electrons. The highest BCUT2D eigenvalue weighted by Gasteiger charge is 2.12. The third-order valence-electron chi connectivity index (χ3n) is 2.73. The number of benzene rings is 1. The van der Waals surface area contributed by atoms with Crippen molar-refractivity contribution in [3.8, 4) is 11.6 Å². The molecule has 1 amide bonds. The number of halogens is 1. The van der Waals surface area contributed by atoms with Crippen LogP contribution in [0.2, 0.25) is 0 Å². The first kappa shape index (κ1) is 15.2. The molecular formula is C15H11FN4O2S. The molecule has 0 atom stereocenters. The molecular weight excluding hydrogens is 319 g/mol. The van der Waals surface area contributed by atoms with Gasteiger partial charge in [-0.15, -0.1) is 10.2 Å². The highest BCUT2D eigenvalue weighted by molar-refractivity contribution is 7.99. The lowest BCUT2D eigenvalue weighted by Crippen LogP contribution is -2.14. The minimum atomic E-state index is -0.410. The Morgan fingerprint density at radius 1 is 1.22 bits per heavy atom. The van der Waals surface area contributed by atoms with E-state index in [0.29, 0.717) is 17.3 Å². The first-order valence-corrected chi connectivity index (χ1v) is 7.62. The average molecular weight is 330 g/mol. The average Bonchev–Trinajstić information content (AvgIpc) is 3.03. The molecule has 2 aromatic heterocycles. The maximum absolute atomic E-state index is 13.0. The van der Waals surface area contributed by atoms with E-state index in [1.165, 1.54) is 18.2 Å². The van der Waals surface area contributed by atoms with Crippen LogP contribution in [0.1, 0.15) is 0 Å². The zero-order valence-corrected chi connectivity index (χ0v) is 12.6. The Morgan fingerprint density at radius 3 is 2.91 bits per heavy atom. The predicted octanol–water partition coefficient (Wildman–Crippen LogP) is 3.00. The van der Waals surface area contributed by atoms with E-state index < -0.39 is 5.82 Å². The monoisotopic (exact) mass is 330 g/mol. The van der Waals surface area contributed by atoms with Crippen molar-refractivity contribution in [2.45, 2.75) is 5.22 Å². The van der Waals surface area contributed by atoms with Crippen LogP contribution in [0.25, 0.3) is 11.6 Å². The quantitative estimate of drug-likeness (QED) is 0.724. The van der Waals surface area contributed by atoms with Crippen molar-refractivity contribution in [3.05, 3.63) is 54.5 Å². The van der Waals surface area contributed by atoms with E-state index in [-0.39, 0.29) is 16.9 Å². The van der Waals surface area contributed by atoms with Gasteiger partial charge in [0.1, 0.15) is 11.5 Å². The predicted molar refractivity (Wildman–Crippen MR) is 83.3 cm³/mol. The maximum Gasteiger partial charge on any atom is 0.277 e. The van der Waals surface area contributed by atoms with Crippen molar-refractivity contribution in [2.75, 3.05) is 11.1 Å². The number of aromatic nitrogens is 3. The lowest BCUT2D eigenvalue weighted by atomic mass is 10.3. The van der Waals surface area contributed by atoms with Crippen LogP contribution in [0.5, 0.6) is 0 Å². The number of pyridine rings is 1. The second kappa shape index (κ2) is 7.01. The molecule has 1 aromatic carbocycles. The number of hydrogen-bond donors (Lipinski definition) is 1. The summed E-state index contributed by atoms with van der Waals surface area (Å²) in [5, 5.41) is 10.6. The SMILES string of the molecule is O=C(CSc1nnc(-c2ccccn2)o1)Nc1cccc(F)c1. The van der Waals surface area contributed by atoms with Gasteiger partial charge in [-0.1, -0.05) is 23.9 Å². The summed E-state index contributed by atoms with van der Waals surface area (Å²) in [6.07, 6.45) is 1.62. The van der Waals surface area contributed by atoms with Gasteiger partial charge in [-0.25, -0.2) is 4.39 Å². The van der Waals surface area contributed by atoms with Crippen LogP contribution in [0.4, 0.5) is 10.1 Å². The van der Waals surface area contributed by atoms with Gasteiger partial charge in [0, 0.05) is 11.9 Å². The Kier molecular flexibility index (Phi) is 4.62. The summed E-state index contributed by atoms with van der Waals surface area (Å²) in [6.45, 7) is 0. The highest BCUT2D eigenvalue weighted by atomic mass is 32.2. The summed E-state index contributed by atoms with van der Waals surface area (Å²) in [4.78, 5) is 15.9. The third-order valence-corrected chi connectivity index (χ3v) is 3.54. The Labute approximate surface area is 135 Å². The van der Waals surface area contributed by atoms with Crippen LogP contribution in [-0.2, 0) is 4.79 Å². The normalized spacial score (nSPS) is 10.5. The Bertz CT molecular complexity index is 810. The fourth-order valence-corrected chi connectivity index (χ4v) is 2.31. The zero-order valence-electron chi connectivity index (χ0n) is 11.8. The van der Waals surface area contributed by atoms with Gasteiger partial charge in [0.2, 0.25) is 5.91 Å². The molecule has 0 saturated heterocycles. The molecule has 6 nitrogen and oxygen atoms in total. The van der Waals surface area contributed by atoms with Crippen LogP contribution in [0.3, 0.4) is 0 Å². The van der Waals surface area contributed by atoms with Crippen molar-refractivity contribution >= 4 is 23.4 Å². The Morgan fingerprint density at radius 2 is 2.13 bits per heavy atom. The maximum atomic E-state index is 13.0. The molecule has 0 aliphatic rings. The topological polar surface area (TPSA) is 80.9 Å². The van der Waals surface area contributed by atoms with Crippen LogP contribution in [-0.4, -0.2) is 26.8 Å². The highest BCUT2D eigenvalue weighted by Crippen LogP contribution is 2.21. The fourth-order valence-electron chi connectivity index (χ4n) is 1.75. The standard InChI is InChI=1S/C15H11FN4O2S/c16-10-4-3-5-11(8-10)18-13(21)9-23-15-20-19-14(22-15)12-6-1-2-7-17-12/h1-8H,9H2,(H,18,21). The van der Waals surface area contributed by atoms with Gasteiger partial charge in [-0.2, -0.15) is 0 Å². The summed E-state index contributed by atoms with van der Waals surface area (Å²) in [5.74, 6) is -0.343. The van der Waals surface area contributed by atoms with Crippen LogP contribution >= 0.6 is 11.8 Å². The van der Waals surface area contributed by atoms with Crippen molar-refractivity contribution < 1.29 is 13.6 Å². The molecule has 2 heterocycles. The zero-order chi connectivity index (χ0) is 16.1. The largest absolute Gasteiger partial charge is 0.410 e. The summed E-state index contributed by atoms with van der Waals surface area (Å²) in [5.41, 5.74) is 0.964. The number of amides is 1. The van der Waals surface area contributed by atoms with Gasteiger partial charge in [0.25, 0.3) is 11.1 Å². The number of thioether (sulfide) groups is 1. The number of anilines is 1. The second-order valence-electron chi connectivity index (χ2n) is 4.44. The van der Waals surface area contributed by atoms with Crippen molar-refractivity contribution in [3.63, 3.8) is 0 Å². The summed E-state index contributed by atoms with van der Waals surface area (Å²) >= 11 is 1.09. The lowest BCUT2D eigenvalue weighted by Gasteiger charge is -2.03. The van der Waals surface area contributed by atoms with Crippen LogP contribution in [0, 0.1) is 5.82 Å². The summed E-state index contributed by atoms with van der Waals surface area (Å²) < 4.78 is 18.5. The summed E-state index contributed by atoms with van der Waals surface area (Å²) in [6, 6.07) is 11.0. The number of carbonyl (C=O) groups is 1. The minimum absolute atomic E-state index is 0.0698. The van der Waals surface area contributed by atoms with E-state index in [9.17, 15) is 9.18 Å². The van der Waals surface area contributed by atoms with Gasteiger partial charge >= 0.3 is 0 Å². The number of carbonyl (C=O) groups excluding carboxylic acids is 1. The molecule has 0 aliphatic carbocycles. The minimum Gasteiger partial charge on any atom is -0.410 e. The summed E-state index contributed by atoms with van der Waals surface area (Å²) in [7, 11) is 0. The van der Waals surface area contributed by atoms with E-state index >= 15 is 0 Å². The molecule has 0 saturated carbocycles. The molecule has 0 bridgehead atoms. The van der Waals surface area contributed by atoms with Crippen molar-refractivity contribution in [1.29, 1.82) is 0 Å². The number of nitrogens with zero attached hydrogens (tertiary/aromatic N) is 3. The van der Waals surface area contributed by atoms with Gasteiger partial charge < -0.3 is 9.73 Å². The molecule has 8 heteroatoms. The molecule has 0 spiro atoms. The van der Waals surface area contributed by atoms with Crippen molar-refractivity contribution in [2.24, 2.45) is 0 Å². The van der Waals surface area contributed by atoms with Gasteiger partial charge in [0.05, 0.1) is 5.75 Å². The lowest BCUT2D eigenvalue weighted by molar-refractivity contribution is -0.113. The van der Waals surface area contributed by atoms with Crippen LogP contribution in [0.15, 0.2) is 58.3 Å². The van der Waals surface area contributed by atoms with E-state index in [4.69, 9.17) is 4.42 Å². The van der Waals surface area contributed by atoms with E-state index in [1.54, 1.807) is 24.4 Å². The molecule has 3 aromatic rings. The van der Waals surface area contributed by atoms with Crippen LogP contribution < -0.4 is 5.32 Å². The number of rotatable bonds is 5. The van der Waals surface area contributed by atoms with E-state index in [0.717, 1.165) is 11.8 Å². The van der Waals surface area contributed by atoms with E-state index in [1.807, 2.05) is 6.07 Å². The van der Waals surface area contributed by atoms with Gasteiger partial charge in [0.15, 0.2) is 0 Å². The molecule has 1 N–H and O–H groups in total. The van der Waals surface area contributed by atoms with Gasteiger partial charge in [-0.05, 0) is 30.3 Å². The molecule has 23 heavy (non-hydrogen) atoms. The first-order chi connectivity index (χ1) is 11.2. The Hall–Kier alpha value is -2.74. The van der Waals surface area contributed by atoms with Gasteiger partial charge in [-0.3, -0.25) is 9.78 Å². The molecule has 0 fully saturated rings. The first-order valence-electron chi connectivity index (χ1n) is 6.64. The smallest absolute Gasteiger partial charge is 0.277 e. The molecule has 0 unspecified atom stereocenters. The number of nitrogens with one attached hydrogen (secondary N) is 1. The molecule has 3 rings (SSSR count). The third kappa shape index (κ3) is 4.13. The van der Waals surface area contributed by atoms with Crippen molar-refractivity contribution in [1.82, 2.24) is 15.2 Å².